The molecule has 2 aromatic rings. The predicted octanol–water partition coefficient (Wildman–Crippen LogP) is 2.83. The standard InChI is InChI=1S/C18H17N3O2/c1-23-17-9-7-16(8-10-17)21-18(22)15(11-19)13-20-12-14-5-3-2-4-6-14/h2-10,13,20H,12H2,1H3,(H,21,22)/b15-13-. The van der Waals surface area contributed by atoms with Crippen molar-refractivity contribution in [2.24, 2.45) is 0 Å². The Balaban J connectivity index is 1.94. The second-order valence-corrected chi connectivity index (χ2v) is 4.72. The number of amides is 1. The molecule has 0 radical (unpaired) electrons. The van der Waals surface area contributed by atoms with Gasteiger partial charge in [-0.15, -0.1) is 0 Å². The number of carbonyl (C=O) groups is 1. The number of benzene rings is 2. The summed E-state index contributed by atoms with van der Waals surface area (Å²) in [5, 5.41) is 14.8. The first-order chi connectivity index (χ1) is 11.2. The van der Waals surface area contributed by atoms with E-state index >= 15 is 0 Å². The van der Waals surface area contributed by atoms with E-state index < -0.39 is 5.91 Å². The highest BCUT2D eigenvalue weighted by atomic mass is 16.5. The van der Waals surface area contributed by atoms with Gasteiger partial charge in [0, 0.05) is 18.4 Å². The number of hydrogen-bond acceptors (Lipinski definition) is 4. The summed E-state index contributed by atoms with van der Waals surface area (Å²) in [5.74, 6) is 0.238. The van der Waals surface area contributed by atoms with Crippen molar-refractivity contribution in [1.29, 1.82) is 5.26 Å². The number of carbonyl (C=O) groups excluding carboxylic acids is 1. The minimum absolute atomic E-state index is 0.0109. The lowest BCUT2D eigenvalue weighted by atomic mass is 10.2. The fourth-order valence-electron chi connectivity index (χ4n) is 1.89. The van der Waals surface area contributed by atoms with Crippen molar-refractivity contribution < 1.29 is 9.53 Å². The van der Waals surface area contributed by atoms with Gasteiger partial charge in [-0.05, 0) is 29.8 Å². The third kappa shape index (κ3) is 4.90. The monoisotopic (exact) mass is 307 g/mol. The number of nitrogens with one attached hydrogen (secondary N) is 2. The normalized spacial score (nSPS) is 10.5. The van der Waals surface area contributed by atoms with E-state index in [0.29, 0.717) is 18.0 Å². The maximum atomic E-state index is 12.1. The summed E-state index contributed by atoms with van der Waals surface area (Å²) in [6, 6.07) is 18.5. The Morgan fingerprint density at radius 3 is 2.48 bits per heavy atom. The maximum absolute atomic E-state index is 12.1. The van der Waals surface area contributed by atoms with Crippen molar-refractivity contribution in [3.8, 4) is 11.8 Å². The molecule has 5 nitrogen and oxygen atoms in total. The van der Waals surface area contributed by atoms with Gasteiger partial charge in [-0.2, -0.15) is 5.26 Å². The molecule has 0 atom stereocenters. The van der Waals surface area contributed by atoms with Gasteiger partial charge in [0.15, 0.2) is 0 Å². The van der Waals surface area contributed by atoms with Crippen LogP contribution in [0.2, 0.25) is 0 Å². The average molecular weight is 307 g/mol. The van der Waals surface area contributed by atoms with Crippen LogP contribution in [0, 0.1) is 11.3 Å². The largest absolute Gasteiger partial charge is 0.497 e. The molecule has 116 valence electrons. The lowest BCUT2D eigenvalue weighted by molar-refractivity contribution is -0.112. The van der Waals surface area contributed by atoms with Gasteiger partial charge in [0.1, 0.15) is 17.4 Å². The minimum Gasteiger partial charge on any atom is -0.497 e. The number of ether oxygens (including phenoxy) is 1. The number of rotatable bonds is 6. The van der Waals surface area contributed by atoms with Crippen LogP contribution in [0.15, 0.2) is 66.4 Å². The van der Waals surface area contributed by atoms with Crippen molar-refractivity contribution >= 4 is 11.6 Å². The summed E-state index contributed by atoms with van der Waals surface area (Å²) >= 11 is 0. The van der Waals surface area contributed by atoms with E-state index in [4.69, 9.17) is 10.00 Å². The van der Waals surface area contributed by atoms with Gasteiger partial charge in [0.25, 0.3) is 5.91 Å². The summed E-state index contributed by atoms with van der Waals surface area (Å²) in [7, 11) is 1.57. The summed E-state index contributed by atoms with van der Waals surface area (Å²) in [4.78, 5) is 12.1. The highest BCUT2D eigenvalue weighted by Gasteiger charge is 2.09. The highest BCUT2D eigenvalue weighted by molar-refractivity contribution is 6.06. The number of methoxy groups -OCH3 is 1. The van der Waals surface area contributed by atoms with E-state index in [1.165, 1.54) is 6.20 Å². The zero-order valence-corrected chi connectivity index (χ0v) is 12.7. The molecule has 0 saturated heterocycles. The van der Waals surface area contributed by atoms with Crippen LogP contribution in [-0.4, -0.2) is 13.0 Å². The lowest BCUT2D eigenvalue weighted by Gasteiger charge is -2.06. The second-order valence-electron chi connectivity index (χ2n) is 4.72. The molecule has 0 aliphatic rings. The van der Waals surface area contributed by atoms with Crippen molar-refractivity contribution in [1.82, 2.24) is 5.32 Å². The Morgan fingerprint density at radius 1 is 1.17 bits per heavy atom. The Labute approximate surface area is 135 Å². The molecule has 0 saturated carbocycles. The first-order valence-electron chi connectivity index (χ1n) is 7.06. The van der Waals surface area contributed by atoms with Gasteiger partial charge in [0.05, 0.1) is 7.11 Å². The fraction of sp³-hybridized carbons (Fsp3) is 0.111. The molecule has 0 bridgehead atoms. The predicted molar refractivity (Wildman–Crippen MR) is 88.6 cm³/mol. The van der Waals surface area contributed by atoms with Crippen LogP contribution in [0.4, 0.5) is 5.69 Å². The zero-order valence-electron chi connectivity index (χ0n) is 12.7. The molecule has 0 spiro atoms. The molecule has 2 aromatic carbocycles. The number of nitrogens with zero attached hydrogens (tertiary/aromatic N) is 1. The molecule has 1 amide bonds. The van der Waals surface area contributed by atoms with Gasteiger partial charge in [-0.3, -0.25) is 4.79 Å². The maximum Gasteiger partial charge on any atom is 0.267 e. The number of anilines is 1. The summed E-state index contributed by atoms with van der Waals surface area (Å²) in [6.45, 7) is 0.543. The van der Waals surface area contributed by atoms with E-state index in [9.17, 15) is 4.79 Å². The van der Waals surface area contributed by atoms with Crippen LogP contribution >= 0.6 is 0 Å². The van der Waals surface area contributed by atoms with Crippen LogP contribution in [0.25, 0.3) is 0 Å². The molecule has 23 heavy (non-hydrogen) atoms. The molecule has 0 aliphatic carbocycles. The molecule has 2 rings (SSSR count). The third-order valence-electron chi connectivity index (χ3n) is 3.11. The van der Waals surface area contributed by atoms with Crippen LogP contribution in [-0.2, 0) is 11.3 Å². The second kappa shape index (κ2) is 8.25. The van der Waals surface area contributed by atoms with Crippen molar-refractivity contribution in [2.45, 2.75) is 6.54 Å². The number of nitriles is 1. The highest BCUT2D eigenvalue weighted by Crippen LogP contribution is 2.15. The van der Waals surface area contributed by atoms with Crippen molar-refractivity contribution in [2.75, 3.05) is 12.4 Å². The van der Waals surface area contributed by atoms with E-state index in [-0.39, 0.29) is 5.57 Å². The topological polar surface area (TPSA) is 74.1 Å². The Morgan fingerprint density at radius 2 is 1.87 bits per heavy atom. The smallest absolute Gasteiger partial charge is 0.267 e. The van der Waals surface area contributed by atoms with Gasteiger partial charge in [-0.25, -0.2) is 0 Å². The summed E-state index contributed by atoms with van der Waals surface area (Å²) < 4.78 is 5.05. The lowest BCUT2D eigenvalue weighted by Crippen LogP contribution is -2.16. The van der Waals surface area contributed by atoms with Crippen LogP contribution in [0.1, 0.15) is 5.56 Å². The molecule has 0 unspecified atom stereocenters. The minimum atomic E-state index is -0.460. The molecule has 2 N–H and O–H groups in total. The van der Waals surface area contributed by atoms with E-state index in [1.54, 1.807) is 31.4 Å². The molecule has 0 heterocycles. The Kier molecular flexibility index (Phi) is 5.78. The van der Waals surface area contributed by atoms with Gasteiger partial charge < -0.3 is 15.4 Å². The fourth-order valence-corrected chi connectivity index (χ4v) is 1.89. The first-order valence-corrected chi connectivity index (χ1v) is 7.06. The molecular weight excluding hydrogens is 290 g/mol. The average Bonchev–Trinajstić information content (AvgIpc) is 2.60. The summed E-state index contributed by atoms with van der Waals surface area (Å²) in [6.07, 6.45) is 1.42. The van der Waals surface area contributed by atoms with Crippen LogP contribution in [0.3, 0.4) is 0 Å². The first kappa shape index (κ1) is 16.1. The quantitative estimate of drug-likeness (QED) is 0.636. The van der Waals surface area contributed by atoms with Gasteiger partial charge in [-0.1, -0.05) is 30.3 Å². The Hall–Kier alpha value is -3.26. The van der Waals surface area contributed by atoms with Crippen LogP contribution in [0.5, 0.6) is 5.75 Å². The number of hydrogen-bond donors (Lipinski definition) is 2. The van der Waals surface area contributed by atoms with Gasteiger partial charge in [0.2, 0.25) is 0 Å². The van der Waals surface area contributed by atoms with E-state index in [2.05, 4.69) is 10.6 Å². The molecule has 0 aliphatic heterocycles. The third-order valence-corrected chi connectivity index (χ3v) is 3.11. The molecule has 0 aromatic heterocycles. The van der Waals surface area contributed by atoms with Crippen molar-refractivity contribution in [3.05, 3.63) is 71.9 Å². The molecule has 0 fully saturated rings. The SMILES string of the molecule is COc1ccc(NC(=O)/C(C#N)=C\NCc2ccccc2)cc1. The van der Waals surface area contributed by atoms with Crippen LogP contribution < -0.4 is 15.4 Å². The van der Waals surface area contributed by atoms with E-state index in [0.717, 1.165) is 5.56 Å². The summed E-state index contributed by atoms with van der Waals surface area (Å²) in [5.41, 5.74) is 1.67. The van der Waals surface area contributed by atoms with Gasteiger partial charge >= 0.3 is 0 Å². The van der Waals surface area contributed by atoms with Crippen molar-refractivity contribution in [3.63, 3.8) is 0 Å². The van der Waals surface area contributed by atoms with E-state index in [1.807, 2.05) is 36.4 Å². The zero-order chi connectivity index (χ0) is 16.5. The Bertz CT molecular complexity index is 716. The molecule has 5 heteroatoms. The molecular formula is C18H17N3O2.